The van der Waals surface area contributed by atoms with Crippen molar-refractivity contribution in [2.75, 3.05) is 13.2 Å². The minimum Gasteiger partial charge on any atom is -0.724 e. The fourth-order valence-corrected chi connectivity index (χ4v) is 3.18. The quantitative estimate of drug-likeness (QED) is 0.0945. The molecule has 12 nitrogen and oxygen atoms in total. The number of nitrogens with zero attached hydrogens (tertiary/aromatic N) is 2. The summed E-state index contributed by atoms with van der Waals surface area (Å²) < 4.78 is 36.3. The molecular weight excluding hydrogens is 358 g/mol. The number of nitrogens with two attached hydrogens (primary N) is 2. The fraction of sp³-hybridized carbons (Fsp3) is 0.750. The van der Waals surface area contributed by atoms with Crippen molar-refractivity contribution in [1.82, 2.24) is 15.4 Å². The number of carbonyl (C=O) groups excluding carboxylic acids is 2. The Balaban J connectivity index is 1.81. The Morgan fingerprint density at radius 2 is 2.12 bits per heavy atom. The number of carbonyl (C=O) groups is 2. The first-order chi connectivity index (χ1) is 11.7. The minimum absolute atomic E-state index is 0.0953. The number of nitrogens with one attached hydrogen (secondary N) is 1. The van der Waals surface area contributed by atoms with Crippen molar-refractivity contribution in [2.45, 2.75) is 44.2 Å². The van der Waals surface area contributed by atoms with Crippen molar-refractivity contribution in [3.63, 3.8) is 0 Å². The van der Waals surface area contributed by atoms with Crippen molar-refractivity contribution >= 4 is 28.2 Å². The van der Waals surface area contributed by atoms with E-state index in [2.05, 4.69) is 9.76 Å². The number of hydrogen-bond acceptors (Lipinski definition) is 7. The third-order valence-electron chi connectivity index (χ3n) is 3.93. The molecule has 2 bridgehead atoms. The molecule has 0 saturated carbocycles. The summed E-state index contributed by atoms with van der Waals surface area (Å²) in [5.41, 5.74) is 7.59. The van der Waals surface area contributed by atoms with Crippen LogP contribution in [0, 0.1) is 0 Å². The van der Waals surface area contributed by atoms with Crippen LogP contribution < -0.4 is 16.6 Å². The molecule has 25 heavy (non-hydrogen) atoms. The highest BCUT2D eigenvalue weighted by Gasteiger charge is 2.48. The number of amides is 3. The third-order valence-corrected chi connectivity index (χ3v) is 4.27. The van der Waals surface area contributed by atoms with Gasteiger partial charge in [-0.05, 0) is 25.7 Å². The Kier molecular flexibility index (Phi) is 6.16. The summed E-state index contributed by atoms with van der Waals surface area (Å²) in [6.07, 6.45) is 2.52. The molecule has 13 heteroatoms. The van der Waals surface area contributed by atoms with Crippen LogP contribution >= 0.6 is 0 Å². The molecule has 2 atom stereocenters. The Morgan fingerprint density at radius 3 is 2.76 bits per heavy atom. The predicted octanol–water partition coefficient (Wildman–Crippen LogP) is -3.02. The molecule has 0 aromatic carbocycles. The van der Waals surface area contributed by atoms with E-state index in [0.717, 1.165) is 4.90 Å². The number of unbranched alkanes of at least 4 members (excludes halogenated alkanes) is 1. The first-order valence-electron chi connectivity index (χ1n) is 7.72. The zero-order chi connectivity index (χ0) is 18.6. The van der Waals surface area contributed by atoms with E-state index in [9.17, 15) is 22.6 Å². The number of fused-ring (bicyclic) bond motifs is 2. The first-order valence-corrected chi connectivity index (χ1v) is 9.06. The SMILES string of the molecule is NC(=[NH2+])CCCCONC(=O)C1CCC2CN1C(=O)N2OS(=O)(=O)[O-]. The zero-order valence-electron chi connectivity index (χ0n) is 13.4. The highest BCUT2D eigenvalue weighted by Crippen LogP contribution is 2.30. The zero-order valence-corrected chi connectivity index (χ0v) is 14.2. The van der Waals surface area contributed by atoms with Crippen LogP contribution in [0.3, 0.4) is 0 Å². The van der Waals surface area contributed by atoms with Crippen molar-refractivity contribution in [3.8, 4) is 0 Å². The molecule has 2 rings (SSSR count). The van der Waals surface area contributed by atoms with Crippen molar-refractivity contribution in [3.05, 3.63) is 0 Å². The Hall–Kier alpha value is -1.96. The molecule has 2 aliphatic heterocycles. The number of piperidine rings is 1. The summed E-state index contributed by atoms with van der Waals surface area (Å²) in [4.78, 5) is 30.5. The second kappa shape index (κ2) is 7.95. The van der Waals surface area contributed by atoms with Crippen molar-refractivity contribution < 1.29 is 37.1 Å². The average Bonchev–Trinajstić information content (AvgIpc) is 2.74. The topological polar surface area (TPSA) is 180 Å². The summed E-state index contributed by atoms with van der Waals surface area (Å²) in [7, 11) is -5.06. The van der Waals surface area contributed by atoms with Gasteiger partial charge >= 0.3 is 6.03 Å². The standard InChI is InChI=1S/C12H21N5O7S/c13-10(14)3-1-2-6-23-15-11(18)9-5-4-8-7-16(9)12(19)17(8)24-25(20,21)22/h8-9H,1-7H2,(H3,13,14)(H,15,18)(H,20,21,22). The molecular formula is C12H21N5O7S. The largest absolute Gasteiger partial charge is 0.724 e. The van der Waals surface area contributed by atoms with Gasteiger partial charge in [0.2, 0.25) is 16.2 Å². The molecule has 3 amide bonds. The first kappa shape index (κ1) is 19.4. The van der Waals surface area contributed by atoms with Gasteiger partial charge in [0.1, 0.15) is 6.04 Å². The monoisotopic (exact) mass is 379 g/mol. The maximum Gasteiger partial charge on any atom is 0.346 e. The van der Waals surface area contributed by atoms with Gasteiger partial charge in [0.05, 0.1) is 12.6 Å². The molecule has 142 valence electrons. The van der Waals surface area contributed by atoms with Gasteiger partial charge in [0.25, 0.3) is 5.91 Å². The molecule has 0 aromatic heterocycles. The number of urea groups is 1. The van der Waals surface area contributed by atoms with Crippen LogP contribution in [0.4, 0.5) is 4.79 Å². The van der Waals surface area contributed by atoms with Gasteiger partial charge in [0.15, 0.2) is 0 Å². The Bertz CT molecular complexity index is 640. The van der Waals surface area contributed by atoms with Gasteiger partial charge in [-0.15, -0.1) is 0 Å². The highest BCUT2D eigenvalue weighted by atomic mass is 32.3. The fourth-order valence-electron chi connectivity index (χ4n) is 2.79. The lowest BCUT2D eigenvalue weighted by Gasteiger charge is -2.28. The second-order valence-corrected chi connectivity index (χ2v) is 6.80. The summed E-state index contributed by atoms with van der Waals surface area (Å²) in [6, 6.07) is -2.24. The molecule has 2 aliphatic rings. The van der Waals surface area contributed by atoms with Crippen LogP contribution in [0.25, 0.3) is 0 Å². The summed E-state index contributed by atoms with van der Waals surface area (Å²) in [5, 5.41) is 5.84. The van der Waals surface area contributed by atoms with Gasteiger partial charge in [0, 0.05) is 13.0 Å². The van der Waals surface area contributed by atoms with Crippen LogP contribution in [0.2, 0.25) is 0 Å². The number of hydroxylamine groups is 3. The van der Waals surface area contributed by atoms with E-state index in [1.54, 1.807) is 0 Å². The van der Waals surface area contributed by atoms with Gasteiger partial charge < -0.3 is 9.45 Å². The van der Waals surface area contributed by atoms with Crippen molar-refractivity contribution in [2.24, 2.45) is 5.73 Å². The summed E-state index contributed by atoms with van der Waals surface area (Å²) in [5.74, 6) is -0.191. The maximum atomic E-state index is 12.2. The molecule has 0 spiro atoms. The van der Waals surface area contributed by atoms with Gasteiger partial charge in [-0.1, -0.05) is 0 Å². The number of rotatable bonds is 9. The van der Waals surface area contributed by atoms with Crippen LogP contribution in [0.1, 0.15) is 32.1 Å². The van der Waals surface area contributed by atoms with Gasteiger partial charge in [-0.3, -0.25) is 20.8 Å². The highest BCUT2D eigenvalue weighted by molar-refractivity contribution is 7.80. The van der Waals surface area contributed by atoms with Crippen LogP contribution in [0.15, 0.2) is 0 Å². The molecule has 2 heterocycles. The number of hydrogen-bond donors (Lipinski definition) is 3. The predicted molar refractivity (Wildman–Crippen MR) is 80.6 cm³/mol. The third kappa shape index (κ3) is 5.26. The van der Waals surface area contributed by atoms with Crippen LogP contribution in [-0.2, 0) is 24.3 Å². The normalized spacial score (nSPS) is 23.0. The molecule has 0 aliphatic carbocycles. The van der Waals surface area contributed by atoms with Gasteiger partial charge in [-0.25, -0.2) is 18.7 Å². The number of amidine groups is 1. The molecule has 2 fully saturated rings. The maximum absolute atomic E-state index is 12.2. The van der Waals surface area contributed by atoms with E-state index >= 15 is 0 Å². The lowest BCUT2D eigenvalue weighted by molar-refractivity contribution is -0.139. The Morgan fingerprint density at radius 1 is 1.40 bits per heavy atom. The Labute approximate surface area is 144 Å². The molecule has 2 saturated heterocycles. The van der Waals surface area contributed by atoms with Crippen LogP contribution in [0.5, 0.6) is 0 Å². The molecule has 0 radical (unpaired) electrons. The molecule has 5 N–H and O–H groups in total. The van der Waals surface area contributed by atoms with Crippen LogP contribution in [-0.4, -0.2) is 65.9 Å². The molecule has 2 unspecified atom stereocenters. The van der Waals surface area contributed by atoms with E-state index in [0.29, 0.717) is 43.0 Å². The average molecular weight is 379 g/mol. The lowest BCUT2D eigenvalue weighted by Crippen LogP contribution is -2.49. The summed E-state index contributed by atoms with van der Waals surface area (Å²) in [6.45, 7) is 0.351. The summed E-state index contributed by atoms with van der Waals surface area (Å²) >= 11 is 0. The molecule has 0 aromatic rings. The van der Waals surface area contributed by atoms with E-state index in [1.807, 2.05) is 0 Å². The van der Waals surface area contributed by atoms with E-state index in [1.165, 1.54) is 0 Å². The van der Waals surface area contributed by atoms with Gasteiger partial charge in [-0.2, -0.15) is 9.35 Å². The smallest absolute Gasteiger partial charge is 0.346 e. The minimum atomic E-state index is -5.06. The van der Waals surface area contributed by atoms with E-state index in [-0.39, 0.29) is 13.2 Å². The van der Waals surface area contributed by atoms with E-state index in [4.69, 9.17) is 16.0 Å². The second-order valence-electron chi connectivity index (χ2n) is 5.84. The van der Waals surface area contributed by atoms with Crippen molar-refractivity contribution in [1.29, 1.82) is 0 Å². The van der Waals surface area contributed by atoms with E-state index < -0.39 is 34.4 Å². The lowest BCUT2D eigenvalue weighted by atomic mass is 10.0.